The van der Waals surface area contributed by atoms with Crippen LogP contribution in [-0.4, -0.2) is 71.0 Å². The van der Waals surface area contributed by atoms with E-state index < -0.39 is 67.4 Å². The molecular weight excluding hydrogens is 1020 g/mol. The van der Waals surface area contributed by atoms with Gasteiger partial charge in [-0.05, 0) is 69.6 Å². The fraction of sp³-hybridized carbons (Fsp3) is 0.318. The summed E-state index contributed by atoms with van der Waals surface area (Å²) in [5.41, 5.74) is 0.578. The Morgan fingerprint density at radius 2 is 0.844 bits per heavy atom. The molecule has 0 amide bonds. The summed E-state index contributed by atoms with van der Waals surface area (Å²) in [5.74, 6) is 1.15. The van der Waals surface area contributed by atoms with E-state index in [0.717, 1.165) is 36.3 Å². The largest absolute Gasteiger partial charge is 0.497 e. The molecule has 0 bridgehead atoms. The van der Waals surface area contributed by atoms with Crippen LogP contribution >= 0.6 is 0 Å². The van der Waals surface area contributed by atoms with Gasteiger partial charge >= 0.3 is 5.97 Å². The number of methoxy groups -OCH3 is 1. The van der Waals surface area contributed by atoms with Crippen LogP contribution < -0.4 is 45.8 Å². The SMILES string of the molecule is COc1cc(C2=C[C@@H](O[Si](c3ccccc3)(c3ccccc3)C(C)(C)C)[C@H](O[Si](c3ccccc3)(c3ccccc3)C(C)(C)C)[C@@H](CO[Si](c3ccccc3)(c3ccccc3)C(C)(C)C)O2)c(OC(C)=O)cc1[Si](C)(C)C. The van der Waals surface area contributed by atoms with Gasteiger partial charge in [0.2, 0.25) is 0 Å². The first-order chi connectivity index (χ1) is 36.5. The highest BCUT2D eigenvalue weighted by atomic mass is 28.4. The van der Waals surface area contributed by atoms with Gasteiger partial charge in [-0.1, -0.05) is 264 Å². The highest BCUT2D eigenvalue weighted by molar-refractivity contribution is 7.01. The summed E-state index contributed by atoms with van der Waals surface area (Å²) in [7, 11) is -10.4. The minimum Gasteiger partial charge on any atom is -0.497 e. The molecule has 1 aliphatic heterocycles. The number of carbonyl (C=O) groups is 1. The molecule has 0 unspecified atom stereocenters. The Morgan fingerprint density at radius 1 is 0.494 bits per heavy atom. The number of benzene rings is 7. The normalized spacial score (nSPS) is 16.8. The lowest BCUT2D eigenvalue weighted by Gasteiger charge is -2.52. The van der Waals surface area contributed by atoms with Crippen molar-refractivity contribution in [3.63, 3.8) is 0 Å². The molecule has 11 heteroatoms. The van der Waals surface area contributed by atoms with E-state index in [1.54, 1.807) is 7.11 Å². The zero-order valence-electron chi connectivity index (χ0n) is 47.8. The quantitative estimate of drug-likeness (QED) is 0.0511. The molecule has 0 fully saturated rings. The summed E-state index contributed by atoms with van der Waals surface area (Å²) in [6, 6.07) is 68.6. The van der Waals surface area contributed by atoms with Crippen molar-refractivity contribution in [1.29, 1.82) is 0 Å². The van der Waals surface area contributed by atoms with Crippen molar-refractivity contribution in [1.82, 2.24) is 0 Å². The standard InChI is InChI=1S/C66H80O7Si4/c1-49(67)70-58-47-62(74(12,13)14)59(68-11)45-56(58)57-46-60(72-76(65(5,6)7,52-37-25-17-26-38-52)53-39-27-18-28-40-53)63(73-77(66(8,9)10,54-41-29-19-30-42-54)55-43-31-20-32-44-55)61(71-57)48-69-75(64(2,3)4,50-33-21-15-22-34-50)51-35-23-16-24-36-51/h15-47,60-61,63H,48H2,1-14H3/t60-,61-,63+/m1/s1. The van der Waals surface area contributed by atoms with Gasteiger partial charge in [0.05, 0.1) is 33.5 Å². The highest BCUT2D eigenvalue weighted by Gasteiger charge is 2.59. The van der Waals surface area contributed by atoms with Gasteiger partial charge in [-0.25, -0.2) is 0 Å². The Hall–Kier alpha value is -5.90. The molecule has 0 aliphatic carbocycles. The van der Waals surface area contributed by atoms with Crippen molar-refractivity contribution in [2.45, 2.75) is 122 Å². The Morgan fingerprint density at radius 3 is 1.17 bits per heavy atom. The second kappa shape index (κ2) is 22.8. The number of carbonyl (C=O) groups excluding carboxylic acids is 1. The maximum absolute atomic E-state index is 13.3. The molecule has 0 radical (unpaired) electrons. The molecule has 0 spiro atoms. The highest BCUT2D eigenvalue weighted by Crippen LogP contribution is 2.46. The first kappa shape index (κ1) is 57.3. The molecule has 77 heavy (non-hydrogen) atoms. The molecule has 0 saturated carbocycles. The van der Waals surface area contributed by atoms with Gasteiger partial charge in [-0.15, -0.1) is 0 Å². The van der Waals surface area contributed by atoms with Crippen LogP contribution in [0.5, 0.6) is 11.5 Å². The number of hydrogen-bond donors (Lipinski definition) is 0. The molecule has 0 N–H and O–H groups in total. The van der Waals surface area contributed by atoms with E-state index in [0.29, 0.717) is 22.8 Å². The van der Waals surface area contributed by atoms with Crippen molar-refractivity contribution in [3.8, 4) is 11.5 Å². The predicted molar refractivity (Wildman–Crippen MR) is 329 cm³/mol. The lowest BCUT2D eigenvalue weighted by molar-refractivity contribution is -0.131. The minimum absolute atomic E-state index is 0.126. The summed E-state index contributed by atoms with van der Waals surface area (Å²) < 4.78 is 45.3. The average molecular weight is 1100 g/mol. The van der Waals surface area contributed by atoms with Crippen molar-refractivity contribution < 1.29 is 32.3 Å². The van der Waals surface area contributed by atoms with Crippen LogP contribution in [0.3, 0.4) is 0 Å². The average Bonchev–Trinajstić information content (AvgIpc) is 3.44. The van der Waals surface area contributed by atoms with Crippen molar-refractivity contribution in [2.24, 2.45) is 0 Å². The number of hydrogen-bond acceptors (Lipinski definition) is 7. The van der Waals surface area contributed by atoms with Gasteiger partial charge in [0.15, 0.2) is 0 Å². The number of esters is 1. The smallest absolute Gasteiger partial charge is 0.308 e. The van der Waals surface area contributed by atoms with Crippen molar-refractivity contribution in [3.05, 3.63) is 206 Å². The first-order valence-corrected chi connectivity index (χ1v) is 36.3. The van der Waals surface area contributed by atoms with Crippen LogP contribution in [0.15, 0.2) is 200 Å². The molecule has 402 valence electrons. The van der Waals surface area contributed by atoms with Crippen LogP contribution in [-0.2, 0) is 22.8 Å². The molecule has 1 aliphatic rings. The van der Waals surface area contributed by atoms with E-state index in [9.17, 15) is 4.79 Å². The lowest BCUT2D eigenvalue weighted by atomic mass is 10.0. The fourth-order valence-electron chi connectivity index (χ4n) is 11.8. The predicted octanol–water partition coefficient (Wildman–Crippen LogP) is 11.4. The van der Waals surface area contributed by atoms with Gasteiger partial charge in [-0.2, -0.15) is 0 Å². The molecule has 0 saturated heterocycles. The molecule has 0 aromatic heterocycles. The van der Waals surface area contributed by atoms with Crippen LogP contribution in [0, 0.1) is 0 Å². The Kier molecular flexibility index (Phi) is 17.0. The van der Waals surface area contributed by atoms with Crippen LogP contribution in [0.25, 0.3) is 5.76 Å². The Labute approximate surface area is 464 Å². The maximum Gasteiger partial charge on any atom is 0.308 e. The summed E-state index contributed by atoms with van der Waals surface area (Å²) in [6.07, 6.45) is -0.233. The van der Waals surface area contributed by atoms with Crippen LogP contribution in [0.4, 0.5) is 0 Å². The Balaban J connectivity index is 1.49. The van der Waals surface area contributed by atoms with E-state index in [1.165, 1.54) is 6.92 Å². The molecular formula is C66H80O7Si4. The third-order valence-corrected chi connectivity index (χ3v) is 32.3. The van der Waals surface area contributed by atoms with Gasteiger partial charge in [0, 0.05) is 6.92 Å². The lowest BCUT2D eigenvalue weighted by Crippen LogP contribution is -2.73. The van der Waals surface area contributed by atoms with Crippen molar-refractivity contribution in [2.75, 3.05) is 13.7 Å². The fourth-order valence-corrected chi connectivity index (χ4v) is 27.1. The van der Waals surface area contributed by atoms with Gasteiger partial charge in [-0.3, -0.25) is 4.79 Å². The van der Waals surface area contributed by atoms with Crippen LogP contribution in [0.1, 0.15) is 74.8 Å². The van der Waals surface area contributed by atoms with E-state index in [-0.39, 0.29) is 11.6 Å². The zero-order valence-corrected chi connectivity index (χ0v) is 51.8. The van der Waals surface area contributed by atoms with E-state index in [1.807, 2.05) is 12.1 Å². The van der Waals surface area contributed by atoms with Crippen LogP contribution in [0.2, 0.25) is 34.8 Å². The van der Waals surface area contributed by atoms with E-state index in [4.69, 9.17) is 27.5 Å². The summed E-state index contributed by atoms with van der Waals surface area (Å²) in [5, 5.41) is 6.65. The van der Waals surface area contributed by atoms with E-state index >= 15 is 0 Å². The number of ether oxygens (including phenoxy) is 3. The minimum atomic E-state index is -3.42. The third-order valence-electron chi connectivity index (χ3n) is 15.3. The Bertz CT molecular complexity index is 2970. The monoisotopic (exact) mass is 1100 g/mol. The zero-order chi connectivity index (χ0) is 55.4. The second-order valence-corrected chi connectivity index (χ2v) is 42.4. The summed E-state index contributed by atoms with van der Waals surface area (Å²) >= 11 is 0. The molecule has 7 aromatic rings. The van der Waals surface area contributed by atoms with Crippen molar-refractivity contribution >= 4 is 81.1 Å². The van der Waals surface area contributed by atoms with Gasteiger partial charge in [0.1, 0.15) is 29.5 Å². The summed E-state index contributed by atoms with van der Waals surface area (Å²) in [6.45, 7) is 29.1. The molecule has 7 nitrogen and oxygen atoms in total. The first-order valence-electron chi connectivity index (χ1n) is 27.1. The molecule has 7 aromatic carbocycles. The number of rotatable bonds is 17. The second-order valence-electron chi connectivity index (χ2n) is 24.5. The van der Waals surface area contributed by atoms with Gasteiger partial charge in [0.25, 0.3) is 25.0 Å². The maximum atomic E-state index is 13.3. The summed E-state index contributed by atoms with van der Waals surface area (Å²) in [4.78, 5) is 13.3. The topological polar surface area (TPSA) is 72.5 Å². The third kappa shape index (κ3) is 11.4. The molecule has 3 atom stereocenters. The van der Waals surface area contributed by atoms with Gasteiger partial charge < -0.3 is 27.5 Å². The van der Waals surface area contributed by atoms with E-state index in [2.05, 4.69) is 270 Å². The molecule has 8 rings (SSSR count). The molecule has 1 heterocycles.